The number of hydrogen-bond donors (Lipinski definition) is 0. The van der Waals surface area contributed by atoms with Crippen molar-refractivity contribution >= 4 is 21.7 Å². The van der Waals surface area contributed by atoms with E-state index in [1.54, 1.807) is 6.08 Å². The molecule has 0 saturated heterocycles. The molecule has 2 rings (SSSR count). The molecule has 0 N–H and O–H groups in total. The van der Waals surface area contributed by atoms with Gasteiger partial charge in [-0.1, -0.05) is 41.1 Å². The molecular weight excluding hydrogens is 252 g/mol. The van der Waals surface area contributed by atoms with Gasteiger partial charge in [0, 0.05) is 16.3 Å². The van der Waals surface area contributed by atoms with E-state index in [1.807, 2.05) is 18.2 Å². The molecular formula is C13H13BrO. The first-order valence-corrected chi connectivity index (χ1v) is 5.88. The third kappa shape index (κ3) is 2.20. The number of benzene rings is 1. The van der Waals surface area contributed by atoms with E-state index in [0.29, 0.717) is 6.42 Å². The molecule has 1 atom stereocenters. The Bertz CT molecular complexity index is 422. The summed E-state index contributed by atoms with van der Waals surface area (Å²) in [6.45, 7) is 2.18. The van der Waals surface area contributed by atoms with E-state index >= 15 is 0 Å². The fourth-order valence-corrected chi connectivity index (χ4v) is 2.31. The maximum Gasteiger partial charge on any atom is 0.155 e. The number of halogens is 1. The van der Waals surface area contributed by atoms with Crippen molar-refractivity contribution in [1.29, 1.82) is 0 Å². The van der Waals surface area contributed by atoms with Crippen molar-refractivity contribution in [3.63, 3.8) is 0 Å². The number of carbonyl (C=O) groups excluding carboxylic acids is 1. The van der Waals surface area contributed by atoms with Gasteiger partial charge in [0.05, 0.1) is 0 Å². The molecule has 15 heavy (non-hydrogen) atoms. The smallest absolute Gasteiger partial charge is 0.155 e. The summed E-state index contributed by atoms with van der Waals surface area (Å²) >= 11 is 3.47. The molecule has 0 fully saturated rings. The fourth-order valence-electron chi connectivity index (χ4n) is 1.91. The second-order valence-corrected chi connectivity index (χ2v) is 5.14. The Morgan fingerprint density at radius 3 is 2.80 bits per heavy atom. The van der Waals surface area contributed by atoms with Crippen molar-refractivity contribution in [2.45, 2.75) is 25.2 Å². The molecule has 0 aromatic heterocycles. The number of ketones is 1. The lowest BCUT2D eigenvalue weighted by atomic mass is 9.75. The Morgan fingerprint density at radius 1 is 1.40 bits per heavy atom. The van der Waals surface area contributed by atoms with Crippen molar-refractivity contribution in [1.82, 2.24) is 0 Å². The first-order valence-electron chi connectivity index (χ1n) is 5.08. The lowest BCUT2D eigenvalue weighted by Crippen LogP contribution is -2.23. The Morgan fingerprint density at radius 2 is 2.20 bits per heavy atom. The molecule has 0 amide bonds. The Hall–Kier alpha value is -0.890. The molecule has 0 bridgehead atoms. The third-order valence-electron chi connectivity index (χ3n) is 3.01. The Kier molecular flexibility index (Phi) is 2.79. The normalized spacial score (nSPS) is 25.6. The van der Waals surface area contributed by atoms with E-state index in [9.17, 15) is 4.79 Å². The van der Waals surface area contributed by atoms with Gasteiger partial charge in [0.2, 0.25) is 0 Å². The van der Waals surface area contributed by atoms with Crippen LogP contribution in [-0.2, 0) is 10.2 Å². The molecule has 1 aliphatic carbocycles. The van der Waals surface area contributed by atoms with Gasteiger partial charge < -0.3 is 0 Å². The summed E-state index contributed by atoms with van der Waals surface area (Å²) in [5.74, 6) is 0.238. The van der Waals surface area contributed by atoms with Crippen LogP contribution >= 0.6 is 15.9 Å². The molecule has 1 nitrogen and oxygen atoms in total. The van der Waals surface area contributed by atoms with Crippen LogP contribution in [0.1, 0.15) is 25.3 Å². The van der Waals surface area contributed by atoms with Crippen LogP contribution in [0.4, 0.5) is 0 Å². The van der Waals surface area contributed by atoms with Crippen LogP contribution < -0.4 is 0 Å². The number of allylic oxidation sites excluding steroid dienone is 2. The largest absolute Gasteiger partial charge is 0.295 e. The summed E-state index contributed by atoms with van der Waals surface area (Å²) in [5.41, 5.74) is 1.28. The van der Waals surface area contributed by atoms with Crippen LogP contribution in [0.25, 0.3) is 0 Å². The molecule has 1 aromatic carbocycles. The zero-order valence-electron chi connectivity index (χ0n) is 8.66. The molecule has 0 radical (unpaired) electrons. The minimum Gasteiger partial charge on any atom is -0.295 e. The van der Waals surface area contributed by atoms with Crippen LogP contribution in [0.5, 0.6) is 0 Å². The van der Waals surface area contributed by atoms with Crippen LogP contribution in [0.15, 0.2) is 40.9 Å². The van der Waals surface area contributed by atoms with Crippen molar-refractivity contribution in [2.75, 3.05) is 0 Å². The van der Waals surface area contributed by atoms with Gasteiger partial charge in [-0.3, -0.25) is 4.79 Å². The first-order chi connectivity index (χ1) is 7.10. The van der Waals surface area contributed by atoms with Gasteiger partial charge in [-0.2, -0.15) is 0 Å². The van der Waals surface area contributed by atoms with Gasteiger partial charge in [0.25, 0.3) is 0 Å². The van der Waals surface area contributed by atoms with Crippen molar-refractivity contribution in [3.05, 3.63) is 46.5 Å². The highest BCUT2D eigenvalue weighted by Gasteiger charge is 2.27. The van der Waals surface area contributed by atoms with Crippen molar-refractivity contribution in [3.8, 4) is 0 Å². The van der Waals surface area contributed by atoms with E-state index in [2.05, 4.69) is 35.0 Å². The van der Waals surface area contributed by atoms with Crippen LogP contribution in [0, 0.1) is 0 Å². The van der Waals surface area contributed by atoms with Crippen LogP contribution in [0.3, 0.4) is 0 Å². The van der Waals surface area contributed by atoms with Gasteiger partial charge in [-0.15, -0.1) is 0 Å². The summed E-state index contributed by atoms with van der Waals surface area (Å²) in [7, 11) is 0. The highest BCUT2D eigenvalue weighted by molar-refractivity contribution is 9.10. The van der Waals surface area contributed by atoms with Gasteiger partial charge in [-0.05, 0) is 30.2 Å². The van der Waals surface area contributed by atoms with Gasteiger partial charge in [0.1, 0.15) is 0 Å². The molecule has 1 aliphatic rings. The van der Waals surface area contributed by atoms with Crippen LogP contribution in [-0.4, -0.2) is 5.78 Å². The van der Waals surface area contributed by atoms with Crippen LogP contribution in [0.2, 0.25) is 0 Å². The zero-order chi connectivity index (χ0) is 10.9. The molecule has 1 unspecified atom stereocenters. The summed E-state index contributed by atoms with van der Waals surface area (Å²) in [6, 6.07) is 8.30. The molecule has 78 valence electrons. The van der Waals surface area contributed by atoms with E-state index < -0.39 is 0 Å². The topological polar surface area (TPSA) is 17.1 Å². The maximum absolute atomic E-state index is 11.2. The average Bonchev–Trinajstić information content (AvgIpc) is 2.23. The number of hydrogen-bond acceptors (Lipinski definition) is 1. The van der Waals surface area contributed by atoms with Gasteiger partial charge in [0.15, 0.2) is 5.78 Å². The van der Waals surface area contributed by atoms with Gasteiger partial charge in [-0.25, -0.2) is 0 Å². The summed E-state index contributed by atoms with van der Waals surface area (Å²) < 4.78 is 1.09. The lowest BCUT2D eigenvalue weighted by Gasteiger charge is -2.29. The molecule has 0 aliphatic heterocycles. The molecule has 0 spiro atoms. The van der Waals surface area contributed by atoms with E-state index in [1.165, 1.54) is 5.56 Å². The highest BCUT2D eigenvalue weighted by atomic mass is 79.9. The highest BCUT2D eigenvalue weighted by Crippen LogP contribution is 2.34. The van der Waals surface area contributed by atoms with E-state index in [0.717, 1.165) is 10.9 Å². The monoisotopic (exact) mass is 264 g/mol. The molecule has 1 aromatic rings. The van der Waals surface area contributed by atoms with E-state index in [-0.39, 0.29) is 11.2 Å². The third-order valence-corrected chi connectivity index (χ3v) is 3.51. The summed E-state index contributed by atoms with van der Waals surface area (Å²) in [5, 5.41) is 0. The standard InChI is InChI=1S/C13H13BrO/c1-13(7-5-12(15)6-8-13)10-3-2-4-11(14)9-10/h2-5,7,9H,6,8H2,1H3. The van der Waals surface area contributed by atoms with Crippen molar-refractivity contribution in [2.24, 2.45) is 0 Å². The first kappa shape index (κ1) is 10.6. The minimum atomic E-state index is 0.0116. The Balaban J connectivity index is 2.38. The fraction of sp³-hybridized carbons (Fsp3) is 0.308. The second-order valence-electron chi connectivity index (χ2n) is 4.23. The molecule has 2 heteroatoms. The maximum atomic E-state index is 11.2. The molecule has 0 heterocycles. The molecule has 0 saturated carbocycles. The summed E-state index contributed by atoms with van der Waals surface area (Å²) in [6.07, 6.45) is 5.29. The predicted molar refractivity (Wildman–Crippen MR) is 64.9 cm³/mol. The average molecular weight is 265 g/mol. The number of rotatable bonds is 1. The van der Waals surface area contributed by atoms with E-state index in [4.69, 9.17) is 0 Å². The second kappa shape index (κ2) is 3.93. The van der Waals surface area contributed by atoms with Crippen molar-refractivity contribution < 1.29 is 4.79 Å². The summed E-state index contributed by atoms with van der Waals surface area (Å²) in [4.78, 5) is 11.2. The Labute approximate surface area is 98.3 Å². The lowest BCUT2D eigenvalue weighted by molar-refractivity contribution is -0.115. The number of carbonyl (C=O) groups is 1. The zero-order valence-corrected chi connectivity index (χ0v) is 10.3. The van der Waals surface area contributed by atoms with Gasteiger partial charge >= 0.3 is 0 Å². The quantitative estimate of drug-likeness (QED) is 0.757. The SMILES string of the molecule is CC1(c2cccc(Br)c2)C=CC(=O)CC1. The minimum absolute atomic E-state index is 0.0116. The predicted octanol–water partition coefficient (Wildman–Crippen LogP) is 3.63.